The fourth-order valence-electron chi connectivity index (χ4n) is 2.12. The van der Waals surface area contributed by atoms with Gasteiger partial charge in [-0.25, -0.2) is 0 Å². The number of carbonyl (C=O) groups excluding carboxylic acids is 2. The monoisotopic (exact) mass is 365 g/mol. The summed E-state index contributed by atoms with van der Waals surface area (Å²) in [6, 6.07) is 7.16. The zero-order chi connectivity index (χ0) is 18.1. The van der Waals surface area contributed by atoms with E-state index >= 15 is 0 Å². The van der Waals surface area contributed by atoms with E-state index in [4.69, 9.17) is 16.1 Å². The molecule has 7 nitrogen and oxygen atoms in total. The van der Waals surface area contributed by atoms with Crippen LogP contribution in [0.2, 0.25) is 5.02 Å². The Morgan fingerprint density at radius 1 is 1.20 bits per heavy atom. The molecule has 0 fully saturated rings. The molecule has 0 radical (unpaired) electrons. The van der Waals surface area contributed by atoms with Crippen molar-refractivity contribution in [3.8, 4) is 11.4 Å². The summed E-state index contributed by atoms with van der Waals surface area (Å²) >= 11 is 5.85. The number of benzene rings is 1. The van der Waals surface area contributed by atoms with E-state index in [1.807, 2.05) is 12.1 Å². The Kier molecular flexibility index (Phi) is 7.40. The lowest BCUT2D eigenvalue weighted by molar-refractivity contribution is -0.140. The third-order valence-corrected chi connectivity index (χ3v) is 3.72. The second kappa shape index (κ2) is 9.78. The zero-order valence-corrected chi connectivity index (χ0v) is 14.7. The first-order valence-corrected chi connectivity index (χ1v) is 8.38. The number of esters is 1. The first-order chi connectivity index (χ1) is 12.1. The number of aromatic nitrogens is 2. The average Bonchev–Trinajstić information content (AvgIpc) is 3.08. The predicted molar refractivity (Wildman–Crippen MR) is 91.9 cm³/mol. The average molecular weight is 366 g/mol. The number of hydrogen-bond acceptors (Lipinski definition) is 6. The molecule has 0 aliphatic heterocycles. The molecule has 2 aromatic rings. The summed E-state index contributed by atoms with van der Waals surface area (Å²) < 4.78 is 9.72. The molecular weight excluding hydrogens is 346 g/mol. The SMILES string of the molecule is COC(=O)CCCNC(=O)CCCc1nc(-c2ccc(Cl)cc2)no1. The van der Waals surface area contributed by atoms with Gasteiger partial charge in [0.2, 0.25) is 17.6 Å². The maximum atomic E-state index is 11.7. The first kappa shape index (κ1) is 18.9. The van der Waals surface area contributed by atoms with Gasteiger partial charge in [-0.1, -0.05) is 16.8 Å². The Bertz CT molecular complexity index is 700. The Morgan fingerprint density at radius 3 is 2.68 bits per heavy atom. The molecule has 0 bridgehead atoms. The number of aryl methyl sites for hydroxylation is 1. The lowest BCUT2D eigenvalue weighted by Gasteiger charge is -2.03. The first-order valence-electron chi connectivity index (χ1n) is 8.00. The highest BCUT2D eigenvalue weighted by Gasteiger charge is 2.09. The molecule has 0 spiro atoms. The fraction of sp³-hybridized carbons (Fsp3) is 0.412. The molecule has 0 atom stereocenters. The number of nitrogens with one attached hydrogen (secondary N) is 1. The van der Waals surface area contributed by atoms with Crippen molar-refractivity contribution in [3.63, 3.8) is 0 Å². The van der Waals surface area contributed by atoms with Gasteiger partial charge in [-0.05, 0) is 37.1 Å². The molecular formula is C17H20ClN3O4. The van der Waals surface area contributed by atoms with Crippen molar-refractivity contribution in [3.05, 3.63) is 35.2 Å². The van der Waals surface area contributed by atoms with Crippen LogP contribution < -0.4 is 5.32 Å². The van der Waals surface area contributed by atoms with Crippen LogP contribution in [0.15, 0.2) is 28.8 Å². The summed E-state index contributed by atoms with van der Waals surface area (Å²) in [5, 5.41) is 7.33. The van der Waals surface area contributed by atoms with Crippen LogP contribution in [0.5, 0.6) is 0 Å². The van der Waals surface area contributed by atoms with Crippen LogP contribution in [-0.2, 0) is 20.7 Å². The summed E-state index contributed by atoms with van der Waals surface area (Å²) in [5.74, 6) is 0.645. The van der Waals surface area contributed by atoms with Crippen LogP contribution in [0.1, 0.15) is 31.6 Å². The molecule has 0 unspecified atom stereocenters. The third-order valence-electron chi connectivity index (χ3n) is 3.47. The summed E-state index contributed by atoms with van der Waals surface area (Å²) in [5.41, 5.74) is 0.822. The van der Waals surface area contributed by atoms with E-state index < -0.39 is 0 Å². The molecule has 0 saturated heterocycles. The summed E-state index contributed by atoms with van der Waals surface area (Å²) in [7, 11) is 1.34. The van der Waals surface area contributed by atoms with E-state index in [1.54, 1.807) is 12.1 Å². The summed E-state index contributed by atoms with van der Waals surface area (Å²) in [6.07, 6.45) is 2.34. The number of amides is 1. The van der Waals surface area contributed by atoms with Gasteiger partial charge in [-0.2, -0.15) is 4.98 Å². The van der Waals surface area contributed by atoms with Crippen molar-refractivity contribution in [2.24, 2.45) is 0 Å². The number of rotatable bonds is 9. The van der Waals surface area contributed by atoms with Crippen LogP contribution in [0.3, 0.4) is 0 Å². The van der Waals surface area contributed by atoms with Gasteiger partial charge in [0.25, 0.3) is 0 Å². The van der Waals surface area contributed by atoms with Crippen LogP contribution in [0.4, 0.5) is 0 Å². The molecule has 0 saturated carbocycles. The molecule has 25 heavy (non-hydrogen) atoms. The fourth-order valence-corrected chi connectivity index (χ4v) is 2.25. The van der Waals surface area contributed by atoms with Crippen LogP contribution in [0.25, 0.3) is 11.4 Å². The second-order valence-corrected chi connectivity index (χ2v) is 5.84. The largest absolute Gasteiger partial charge is 0.469 e. The van der Waals surface area contributed by atoms with Crippen molar-refractivity contribution in [1.29, 1.82) is 0 Å². The normalized spacial score (nSPS) is 10.5. The van der Waals surface area contributed by atoms with Gasteiger partial charge < -0.3 is 14.6 Å². The standard InChI is InChI=1S/C17H20ClN3O4/c1-24-16(23)6-3-11-19-14(22)4-2-5-15-20-17(21-25-15)12-7-9-13(18)10-8-12/h7-10H,2-6,11H2,1H3,(H,19,22). The van der Waals surface area contributed by atoms with Crippen molar-refractivity contribution < 1.29 is 18.8 Å². The van der Waals surface area contributed by atoms with Gasteiger partial charge in [0.1, 0.15) is 0 Å². The topological polar surface area (TPSA) is 94.3 Å². The Hall–Kier alpha value is -2.41. The quantitative estimate of drug-likeness (QED) is 0.542. The highest BCUT2D eigenvalue weighted by molar-refractivity contribution is 6.30. The number of nitrogens with zero attached hydrogens (tertiary/aromatic N) is 2. The minimum absolute atomic E-state index is 0.0673. The van der Waals surface area contributed by atoms with E-state index in [9.17, 15) is 9.59 Å². The molecule has 8 heteroatoms. The van der Waals surface area contributed by atoms with E-state index in [0.717, 1.165) is 5.56 Å². The van der Waals surface area contributed by atoms with Crippen molar-refractivity contribution in [1.82, 2.24) is 15.5 Å². The summed E-state index contributed by atoms with van der Waals surface area (Å²) in [6.45, 7) is 0.454. The zero-order valence-electron chi connectivity index (χ0n) is 14.0. The smallest absolute Gasteiger partial charge is 0.305 e. The molecule has 2 rings (SSSR count). The molecule has 0 aliphatic carbocycles. The lowest BCUT2D eigenvalue weighted by Crippen LogP contribution is -2.24. The number of hydrogen-bond donors (Lipinski definition) is 1. The van der Waals surface area contributed by atoms with Crippen LogP contribution in [0, 0.1) is 0 Å². The Labute approximate surface area is 150 Å². The molecule has 1 amide bonds. The molecule has 1 heterocycles. The van der Waals surface area contributed by atoms with Gasteiger partial charge in [0, 0.05) is 36.4 Å². The van der Waals surface area contributed by atoms with E-state index in [2.05, 4.69) is 20.2 Å². The molecule has 1 N–H and O–H groups in total. The molecule has 134 valence electrons. The third kappa shape index (κ3) is 6.54. The van der Waals surface area contributed by atoms with Crippen molar-refractivity contribution >= 4 is 23.5 Å². The predicted octanol–water partition coefficient (Wildman–Crippen LogP) is 2.78. The number of methoxy groups -OCH3 is 1. The number of ether oxygens (including phenoxy) is 1. The Balaban J connectivity index is 1.67. The van der Waals surface area contributed by atoms with Crippen LogP contribution in [-0.4, -0.2) is 35.7 Å². The molecule has 1 aromatic heterocycles. The number of halogens is 1. The van der Waals surface area contributed by atoms with Gasteiger partial charge in [0.15, 0.2) is 0 Å². The summed E-state index contributed by atoms with van der Waals surface area (Å²) in [4.78, 5) is 26.9. The van der Waals surface area contributed by atoms with Crippen molar-refractivity contribution in [2.75, 3.05) is 13.7 Å². The maximum absolute atomic E-state index is 11.7. The minimum Gasteiger partial charge on any atom is -0.469 e. The Morgan fingerprint density at radius 2 is 1.96 bits per heavy atom. The highest BCUT2D eigenvalue weighted by Crippen LogP contribution is 2.19. The number of carbonyl (C=O) groups is 2. The highest BCUT2D eigenvalue weighted by atomic mass is 35.5. The second-order valence-electron chi connectivity index (χ2n) is 5.40. The van der Waals surface area contributed by atoms with E-state index in [1.165, 1.54) is 7.11 Å². The van der Waals surface area contributed by atoms with Crippen LogP contribution >= 0.6 is 11.6 Å². The van der Waals surface area contributed by atoms with Gasteiger partial charge in [-0.3, -0.25) is 9.59 Å². The lowest BCUT2D eigenvalue weighted by atomic mass is 10.2. The van der Waals surface area contributed by atoms with E-state index in [0.29, 0.717) is 55.4 Å². The molecule has 0 aliphatic rings. The minimum atomic E-state index is -0.276. The van der Waals surface area contributed by atoms with Gasteiger partial charge in [-0.15, -0.1) is 0 Å². The van der Waals surface area contributed by atoms with Gasteiger partial charge >= 0.3 is 5.97 Å². The van der Waals surface area contributed by atoms with E-state index in [-0.39, 0.29) is 11.9 Å². The maximum Gasteiger partial charge on any atom is 0.305 e. The van der Waals surface area contributed by atoms with Gasteiger partial charge in [0.05, 0.1) is 7.11 Å². The van der Waals surface area contributed by atoms with Crippen molar-refractivity contribution in [2.45, 2.75) is 32.1 Å². The molecule has 1 aromatic carbocycles.